The molecule has 1 saturated heterocycles. The van der Waals surface area contributed by atoms with Crippen molar-refractivity contribution in [1.82, 2.24) is 14.7 Å². The highest BCUT2D eigenvalue weighted by molar-refractivity contribution is 5.76. The van der Waals surface area contributed by atoms with Crippen LogP contribution in [0, 0.1) is 5.82 Å². The summed E-state index contributed by atoms with van der Waals surface area (Å²) < 4.78 is 14.3. The van der Waals surface area contributed by atoms with E-state index in [4.69, 9.17) is 0 Å². The fourth-order valence-electron chi connectivity index (χ4n) is 3.11. The maximum absolute atomic E-state index is 13.1. The number of hydrogen-bond acceptors (Lipinski definition) is 3. The lowest BCUT2D eigenvalue weighted by Gasteiger charge is -2.25. The Labute approximate surface area is 139 Å². The molecule has 2 heterocycles. The Hall–Kier alpha value is -2.50. The van der Waals surface area contributed by atoms with Gasteiger partial charge in [-0.05, 0) is 36.6 Å². The van der Waals surface area contributed by atoms with Crippen LogP contribution >= 0.6 is 0 Å². The molecule has 24 heavy (non-hydrogen) atoms. The highest BCUT2D eigenvalue weighted by Crippen LogP contribution is 2.26. The SMILES string of the molecule is O=C(Cn1ncccc1=O)N1CCCC[C@@H](c2ccc(F)cc2)C1. The van der Waals surface area contributed by atoms with Gasteiger partial charge in [-0.3, -0.25) is 9.59 Å². The van der Waals surface area contributed by atoms with E-state index >= 15 is 0 Å². The topological polar surface area (TPSA) is 55.2 Å². The van der Waals surface area contributed by atoms with Crippen LogP contribution in [0.1, 0.15) is 30.7 Å². The normalized spacial score (nSPS) is 18.2. The second-order valence-electron chi connectivity index (χ2n) is 6.10. The summed E-state index contributed by atoms with van der Waals surface area (Å²) in [5.41, 5.74) is 0.766. The Kier molecular flexibility index (Phi) is 5.03. The van der Waals surface area contributed by atoms with Crippen molar-refractivity contribution in [1.29, 1.82) is 0 Å². The first-order valence-corrected chi connectivity index (χ1v) is 8.19. The van der Waals surface area contributed by atoms with Crippen molar-refractivity contribution in [3.63, 3.8) is 0 Å². The van der Waals surface area contributed by atoms with Crippen LogP contribution in [0.4, 0.5) is 4.39 Å². The monoisotopic (exact) mass is 329 g/mol. The Morgan fingerprint density at radius 3 is 2.75 bits per heavy atom. The molecule has 6 heteroatoms. The summed E-state index contributed by atoms with van der Waals surface area (Å²) in [7, 11) is 0. The van der Waals surface area contributed by atoms with Crippen molar-refractivity contribution >= 4 is 5.91 Å². The number of likely N-dealkylation sites (tertiary alicyclic amines) is 1. The molecule has 1 fully saturated rings. The summed E-state index contributed by atoms with van der Waals surface area (Å²) in [5.74, 6) is -0.169. The minimum absolute atomic E-state index is 0.0458. The molecule has 0 bridgehead atoms. The average Bonchev–Trinajstić information content (AvgIpc) is 2.84. The quantitative estimate of drug-likeness (QED) is 0.867. The average molecular weight is 329 g/mol. The molecule has 0 spiro atoms. The smallest absolute Gasteiger partial charge is 0.267 e. The van der Waals surface area contributed by atoms with E-state index in [9.17, 15) is 14.0 Å². The summed E-state index contributed by atoms with van der Waals surface area (Å²) >= 11 is 0. The third kappa shape index (κ3) is 3.88. The number of benzene rings is 1. The summed E-state index contributed by atoms with van der Waals surface area (Å²) in [6.45, 7) is 1.22. The van der Waals surface area contributed by atoms with Crippen LogP contribution in [-0.4, -0.2) is 33.7 Å². The molecular formula is C18H20FN3O2. The minimum atomic E-state index is -0.282. The van der Waals surface area contributed by atoms with Crippen LogP contribution in [0.2, 0.25) is 0 Å². The van der Waals surface area contributed by atoms with Gasteiger partial charge in [0, 0.05) is 31.3 Å². The molecule has 1 aliphatic heterocycles. The molecule has 0 aliphatic carbocycles. The highest BCUT2D eigenvalue weighted by Gasteiger charge is 2.23. The highest BCUT2D eigenvalue weighted by atomic mass is 19.1. The number of amides is 1. The fourth-order valence-corrected chi connectivity index (χ4v) is 3.11. The predicted molar refractivity (Wildman–Crippen MR) is 88.1 cm³/mol. The Morgan fingerprint density at radius 2 is 2.00 bits per heavy atom. The number of carbonyl (C=O) groups excluding carboxylic acids is 1. The Balaban J connectivity index is 1.72. The minimum Gasteiger partial charge on any atom is -0.340 e. The van der Waals surface area contributed by atoms with Crippen LogP contribution < -0.4 is 5.56 Å². The van der Waals surface area contributed by atoms with Crippen molar-refractivity contribution in [2.75, 3.05) is 13.1 Å². The van der Waals surface area contributed by atoms with Gasteiger partial charge < -0.3 is 4.90 Å². The molecule has 126 valence electrons. The van der Waals surface area contributed by atoms with Gasteiger partial charge in [0.15, 0.2) is 0 Å². The summed E-state index contributed by atoms with van der Waals surface area (Å²) in [6.07, 6.45) is 4.42. The standard InChI is InChI=1S/C18H20FN3O2/c19-16-8-6-14(7-9-16)15-4-1-2-11-21(12-15)18(24)13-22-17(23)5-3-10-20-22/h3,5-10,15H,1-2,4,11-13H2/t15-/m1/s1. The lowest BCUT2D eigenvalue weighted by atomic mass is 9.94. The van der Waals surface area contributed by atoms with E-state index < -0.39 is 0 Å². The van der Waals surface area contributed by atoms with E-state index in [-0.39, 0.29) is 29.7 Å². The zero-order chi connectivity index (χ0) is 16.9. The lowest BCUT2D eigenvalue weighted by Crippen LogP contribution is -2.39. The number of carbonyl (C=O) groups is 1. The zero-order valence-corrected chi connectivity index (χ0v) is 13.4. The van der Waals surface area contributed by atoms with Gasteiger partial charge in [0.05, 0.1) is 0 Å². The van der Waals surface area contributed by atoms with Crippen molar-refractivity contribution < 1.29 is 9.18 Å². The van der Waals surface area contributed by atoms with Crippen molar-refractivity contribution in [2.45, 2.75) is 31.7 Å². The largest absolute Gasteiger partial charge is 0.340 e. The first-order valence-electron chi connectivity index (χ1n) is 8.19. The van der Waals surface area contributed by atoms with Crippen molar-refractivity contribution in [2.24, 2.45) is 0 Å². The molecule has 1 aliphatic rings. The van der Waals surface area contributed by atoms with Crippen LogP contribution in [0.5, 0.6) is 0 Å². The van der Waals surface area contributed by atoms with Crippen molar-refractivity contribution in [3.8, 4) is 0 Å². The van der Waals surface area contributed by atoms with E-state index in [1.54, 1.807) is 23.1 Å². The first kappa shape index (κ1) is 16.4. The summed E-state index contributed by atoms with van der Waals surface area (Å²) in [4.78, 5) is 26.1. The lowest BCUT2D eigenvalue weighted by molar-refractivity contribution is -0.132. The Bertz CT molecular complexity index is 757. The molecule has 1 aromatic carbocycles. The second kappa shape index (κ2) is 7.38. The maximum atomic E-state index is 13.1. The number of rotatable bonds is 3. The van der Waals surface area contributed by atoms with Crippen LogP contribution in [0.3, 0.4) is 0 Å². The molecule has 2 aromatic rings. The molecule has 1 aromatic heterocycles. The fraction of sp³-hybridized carbons (Fsp3) is 0.389. The van der Waals surface area contributed by atoms with Gasteiger partial charge in [0.25, 0.3) is 5.56 Å². The van der Waals surface area contributed by atoms with Crippen LogP contribution in [0.25, 0.3) is 0 Å². The van der Waals surface area contributed by atoms with Gasteiger partial charge >= 0.3 is 0 Å². The van der Waals surface area contributed by atoms with Gasteiger partial charge in [-0.15, -0.1) is 0 Å². The molecule has 0 radical (unpaired) electrons. The summed E-state index contributed by atoms with van der Waals surface area (Å²) in [6, 6.07) is 9.44. The van der Waals surface area contributed by atoms with E-state index in [1.807, 2.05) is 0 Å². The molecule has 0 unspecified atom stereocenters. The van der Waals surface area contributed by atoms with Gasteiger partial charge in [-0.25, -0.2) is 9.07 Å². The van der Waals surface area contributed by atoms with Gasteiger partial charge in [0.1, 0.15) is 12.4 Å². The van der Waals surface area contributed by atoms with E-state index in [0.29, 0.717) is 13.1 Å². The molecular weight excluding hydrogens is 309 g/mol. The van der Waals surface area contributed by atoms with Gasteiger partial charge in [-0.2, -0.15) is 5.10 Å². The third-order valence-corrected chi connectivity index (χ3v) is 4.44. The maximum Gasteiger partial charge on any atom is 0.267 e. The molecule has 0 N–H and O–H groups in total. The summed E-state index contributed by atoms with van der Waals surface area (Å²) in [5, 5.41) is 3.94. The van der Waals surface area contributed by atoms with Crippen LogP contribution in [0.15, 0.2) is 47.4 Å². The number of hydrogen-bond donors (Lipinski definition) is 0. The molecule has 5 nitrogen and oxygen atoms in total. The van der Waals surface area contributed by atoms with E-state index in [0.717, 1.165) is 24.8 Å². The molecule has 1 amide bonds. The molecule has 1 atom stereocenters. The number of nitrogens with zero attached hydrogens (tertiary/aromatic N) is 3. The van der Waals surface area contributed by atoms with Crippen LogP contribution in [-0.2, 0) is 11.3 Å². The van der Waals surface area contributed by atoms with Crippen molar-refractivity contribution in [3.05, 3.63) is 64.3 Å². The Morgan fingerprint density at radius 1 is 1.21 bits per heavy atom. The molecule has 0 saturated carbocycles. The van der Waals surface area contributed by atoms with Gasteiger partial charge in [-0.1, -0.05) is 18.6 Å². The van der Waals surface area contributed by atoms with E-state index in [1.165, 1.54) is 29.1 Å². The number of halogens is 1. The third-order valence-electron chi connectivity index (χ3n) is 4.44. The molecule has 3 rings (SSSR count). The van der Waals surface area contributed by atoms with Gasteiger partial charge in [0.2, 0.25) is 5.91 Å². The predicted octanol–water partition coefficient (Wildman–Crippen LogP) is 2.18. The van der Waals surface area contributed by atoms with E-state index in [2.05, 4.69) is 5.10 Å². The second-order valence-corrected chi connectivity index (χ2v) is 6.10. The zero-order valence-electron chi connectivity index (χ0n) is 13.4. The number of aromatic nitrogens is 2. The first-order chi connectivity index (χ1) is 11.6.